The van der Waals surface area contributed by atoms with Gasteiger partial charge in [0.15, 0.2) is 17.6 Å². The van der Waals surface area contributed by atoms with E-state index in [9.17, 15) is 8.78 Å². The maximum Gasteiger partial charge on any atom is 0.193 e. The molecule has 0 radical (unpaired) electrons. The number of hydrogen-bond donors (Lipinski definition) is 1. The molecule has 8 heteroatoms. The van der Waals surface area contributed by atoms with Crippen LogP contribution in [0.1, 0.15) is 29.1 Å². The molecule has 1 aromatic heterocycles. The Morgan fingerprint density at radius 2 is 2.08 bits per heavy atom. The van der Waals surface area contributed by atoms with E-state index >= 15 is 0 Å². The fourth-order valence-corrected chi connectivity index (χ4v) is 2.97. The molecule has 1 heterocycles. The number of aliphatic imine (C=N–C) groups is 1. The van der Waals surface area contributed by atoms with Gasteiger partial charge in [-0.25, -0.2) is 13.8 Å². The van der Waals surface area contributed by atoms with Crippen LogP contribution < -0.4 is 5.32 Å². The zero-order valence-electron chi connectivity index (χ0n) is 14.7. The number of aromatic nitrogens is 1. The second-order valence-corrected chi connectivity index (χ2v) is 6.78. The van der Waals surface area contributed by atoms with E-state index in [1.165, 1.54) is 6.07 Å². The highest BCUT2D eigenvalue weighted by Gasteiger charge is 2.12. The van der Waals surface area contributed by atoms with E-state index in [1.54, 1.807) is 24.5 Å². The summed E-state index contributed by atoms with van der Waals surface area (Å²) in [7, 11) is 3.65. The average Bonchev–Trinajstić information content (AvgIpc) is 2.95. The average molecular weight is 480 g/mol. The first kappa shape index (κ1) is 21.8. The van der Waals surface area contributed by atoms with Gasteiger partial charge in [-0.05, 0) is 30.5 Å². The lowest BCUT2D eigenvalue weighted by atomic mass is 10.0. The first-order valence-corrected chi connectivity index (χ1v) is 8.56. The predicted molar refractivity (Wildman–Crippen MR) is 110 cm³/mol. The van der Waals surface area contributed by atoms with Gasteiger partial charge >= 0.3 is 0 Å². The van der Waals surface area contributed by atoms with Gasteiger partial charge in [0, 0.05) is 26.0 Å². The van der Waals surface area contributed by atoms with E-state index < -0.39 is 11.6 Å². The molecular weight excluding hydrogens is 457 g/mol. The van der Waals surface area contributed by atoms with Crippen LogP contribution in [0.4, 0.5) is 8.78 Å². The van der Waals surface area contributed by atoms with Crippen LogP contribution in [0.3, 0.4) is 0 Å². The molecule has 138 valence electrons. The number of benzene rings is 1. The summed E-state index contributed by atoms with van der Waals surface area (Å²) >= 11 is 1.62. The highest BCUT2D eigenvalue weighted by atomic mass is 127. The van der Waals surface area contributed by atoms with E-state index in [0.29, 0.717) is 13.1 Å². The van der Waals surface area contributed by atoms with Gasteiger partial charge in [0.1, 0.15) is 0 Å². The van der Waals surface area contributed by atoms with Gasteiger partial charge in [0.25, 0.3) is 0 Å². The molecule has 1 aromatic carbocycles. The Hall–Kier alpha value is -1.29. The minimum Gasteiger partial charge on any atom is -0.356 e. The molecule has 0 fully saturated rings. The fraction of sp³-hybridized carbons (Fsp3) is 0.412. The van der Waals surface area contributed by atoms with Crippen molar-refractivity contribution in [2.75, 3.05) is 20.6 Å². The lowest BCUT2D eigenvalue weighted by Gasteiger charge is -2.23. The third-order valence-corrected chi connectivity index (χ3v) is 4.54. The highest BCUT2D eigenvalue weighted by Crippen LogP contribution is 2.17. The molecule has 4 nitrogen and oxygen atoms in total. The lowest BCUT2D eigenvalue weighted by molar-refractivity contribution is 0.467. The molecule has 0 spiro atoms. The van der Waals surface area contributed by atoms with Crippen molar-refractivity contribution in [2.24, 2.45) is 4.99 Å². The quantitative estimate of drug-likeness (QED) is 0.397. The van der Waals surface area contributed by atoms with Crippen molar-refractivity contribution in [1.82, 2.24) is 15.2 Å². The van der Waals surface area contributed by atoms with E-state index in [-0.39, 0.29) is 29.9 Å². The molecule has 1 N–H and O–H groups in total. The number of hydrogen-bond acceptors (Lipinski definition) is 3. The Kier molecular flexibility index (Phi) is 8.70. The van der Waals surface area contributed by atoms with Crippen molar-refractivity contribution < 1.29 is 8.78 Å². The summed E-state index contributed by atoms with van der Waals surface area (Å²) in [6, 6.07) is 4.01. The highest BCUT2D eigenvalue weighted by molar-refractivity contribution is 14.0. The van der Waals surface area contributed by atoms with E-state index in [0.717, 1.165) is 28.3 Å². The van der Waals surface area contributed by atoms with Gasteiger partial charge in [0.05, 0.1) is 17.2 Å². The molecule has 0 aliphatic rings. The smallest absolute Gasteiger partial charge is 0.193 e. The van der Waals surface area contributed by atoms with Crippen molar-refractivity contribution in [1.29, 1.82) is 0 Å². The van der Waals surface area contributed by atoms with Crippen molar-refractivity contribution in [3.8, 4) is 0 Å². The number of rotatable bonds is 5. The third-order valence-electron chi connectivity index (χ3n) is 3.72. The number of halogens is 3. The minimum absolute atomic E-state index is 0. The zero-order chi connectivity index (χ0) is 17.7. The van der Waals surface area contributed by atoms with Crippen molar-refractivity contribution in [2.45, 2.75) is 26.3 Å². The van der Waals surface area contributed by atoms with Crippen molar-refractivity contribution in [3.63, 3.8) is 0 Å². The fourth-order valence-electron chi connectivity index (χ4n) is 2.36. The van der Waals surface area contributed by atoms with Gasteiger partial charge in [-0.3, -0.25) is 4.99 Å². The van der Waals surface area contributed by atoms with E-state index in [4.69, 9.17) is 0 Å². The zero-order valence-corrected chi connectivity index (χ0v) is 17.9. The van der Waals surface area contributed by atoms with Crippen molar-refractivity contribution >= 4 is 41.3 Å². The Morgan fingerprint density at radius 1 is 1.36 bits per heavy atom. The van der Waals surface area contributed by atoms with Gasteiger partial charge in [-0.1, -0.05) is 13.0 Å². The molecule has 0 amide bonds. The maximum atomic E-state index is 13.3. The summed E-state index contributed by atoms with van der Waals surface area (Å²) in [6.45, 7) is 5.16. The van der Waals surface area contributed by atoms with Gasteiger partial charge in [0.2, 0.25) is 0 Å². The van der Waals surface area contributed by atoms with E-state index in [1.807, 2.05) is 31.2 Å². The second kappa shape index (κ2) is 10.0. The molecule has 25 heavy (non-hydrogen) atoms. The van der Waals surface area contributed by atoms with Gasteiger partial charge in [-0.15, -0.1) is 35.3 Å². The molecule has 1 unspecified atom stereocenters. The van der Waals surface area contributed by atoms with Crippen LogP contribution >= 0.6 is 35.3 Å². The molecular formula is C17H23F2IN4S. The number of nitrogens with one attached hydrogen (secondary N) is 1. The molecule has 0 aliphatic carbocycles. The Bertz CT molecular complexity index is 720. The summed E-state index contributed by atoms with van der Waals surface area (Å²) in [4.78, 5) is 10.7. The number of guanidine groups is 1. The lowest BCUT2D eigenvalue weighted by Crippen LogP contribution is -2.40. The van der Waals surface area contributed by atoms with Crippen LogP contribution in [-0.4, -0.2) is 36.5 Å². The predicted octanol–water partition coefficient (Wildman–Crippen LogP) is 4.16. The Balaban J connectivity index is 0.00000312. The van der Waals surface area contributed by atoms with Crippen LogP contribution in [0, 0.1) is 18.6 Å². The number of thiazole rings is 1. The van der Waals surface area contributed by atoms with Crippen LogP contribution in [0.5, 0.6) is 0 Å². The number of aryl methyl sites for hydroxylation is 1. The SMILES string of the molecule is CN=C(NCC(C)c1ccc(F)c(F)c1)N(C)Cc1csc(C)n1.I. The molecule has 0 saturated heterocycles. The molecule has 0 aliphatic heterocycles. The Labute approximate surface area is 168 Å². The summed E-state index contributed by atoms with van der Waals surface area (Å²) < 4.78 is 26.4. The minimum atomic E-state index is -0.826. The molecule has 1 atom stereocenters. The normalized spacial score (nSPS) is 12.5. The topological polar surface area (TPSA) is 40.5 Å². The number of nitrogens with zero attached hydrogens (tertiary/aromatic N) is 3. The molecule has 0 bridgehead atoms. The standard InChI is InChI=1S/C17H22F2N4S.HI/c1-11(13-5-6-15(18)16(19)7-13)8-21-17(20-3)23(4)9-14-10-24-12(2)22-14;/h5-7,10-11H,8-9H2,1-4H3,(H,20,21);1H. The van der Waals surface area contributed by atoms with Crippen LogP contribution in [-0.2, 0) is 6.54 Å². The summed E-state index contributed by atoms with van der Waals surface area (Å²) in [5, 5.41) is 6.33. The molecule has 0 saturated carbocycles. The van der Waals surface area contributed by atoms with Crippen LogP contribution in [0.15, 0.2) is 28.6 Å². The van der Waals surface area contributed by atoms with Crippen LogP contribution in [0.2, 0.25) is 0 Å². The second-order valence-electron chi connectivity index (χ2n) is 5.72. The first-order chi connectivity index (χ1) is 11.4. The monoisotopic (exact) mass is 480 g/mol. The Morgan fingerprint density at radius 3 is 2.64 bits per heavy atom. The van der Waals surface area contributed by atoms with Crippen molar-refractivity contribution in [3.05, 3.63) is 51.5 Å². The molecule has 2 rings (SSSR count). The van der Waals surface area contributed by atoms with Gasteiger partial charge < -0.3 is 10.2 Å². The third kappa shape index (κ3) is 6.18. The summed E-state index contributed by atoms with van der Waals surface area (Å²) in [5.74, 6) is -0.894. The van der Waals surface area contributed by atoms with Crippen LogP contribution in [0.25, 0.3) is 0 Å². The summed E-state index contributed by atoms with van der Waals surface area (Å²) in [6.07, 6.45) is 0. The first-order valence-electron chi connectivity index (χ1n) is 7.68. The van der Waals surface area contributed by atoms with E-state index in [2.05, 4.69) is 15.3 Å². The maximum absolute atomic E-state index is 13.3. The van der Waals surface area contributed by atoms with Gasteiger partial charge in [-0.2, -0.15) is 0 Å². The summed E-state index contributed by atoms with van der Waals surface area (Å²) in [5.41, 5.74) is 1.74. The molecule has 2 aromatic rings. The largest absolute Gasteiger partial charge is 0.356 e.